The van der Waals surface area contributed by atoms with Crippen molar-refractivity contribution in [2.24, 2.45) is 0 Å². The molecular formula is C18H30N2O. The van der Waals surface area contributed by atoms with Crippen molar-refractivity contribution in [3.63, 3.8) is 0 Å². The smallest absolute Gasteiger partial charge is 0.253 e. The van der Waals surface area contributed by atoms with Gasteiger partial charge in [0.05, 0.1) is 0 Å². The average Bonchev–Trinajstić information content (AvgIpc) is 2.46. The summed E-state index contributed by atoms with van der Waals surface area (Å²) in [5.74, 6) is 0.0471. The molecule has 118 valence electrons. The van der Waals surface area contributed by atoms with Gasteiger partial charge in [0.25, 0.3) is 5.91 Å². The number of amides is 1. The van der Waals surface area contributed by atoms with Crippen LogP contribution in [-0.2, 0) is 0 Å². The molecule has 1 unspecified atom stereocenters. The van der Waals surface area contributed by atoms with Crippen molar-refractivity contribution in [2.75, 3.05) is 19.4 Å². The van der Waals surface area contributed by atoms with Gasteiger partial charge in [-0.05, 0) is 31.5 Å². The van der Waals surface area contributed by atoms with Gasteiger partial charge < -0.3 is 10.2 Å². The van der Waals surface area contributed by atoms with Crippen molar-refractivity contribution in [2.45, 2.75) is 58.4 Å². The molecule has 1 atom stereocenters. The summed E-state index contributed by atoms with van der Waals surface area (Å²) in [6.07, 6.45) is 7.74. The molecule has 1 aromatic rings. The molecule has 0 radical (unpaired) electrons. The largest absolute Gasteiger partial charge is 0.383 e. The Bertz CT molecular complexity index is 429. The van der Waals surface area contributed by atoms with E-state index in [0.717, 1.165) is 11.3 Å². The summed E-state index contributed by atoms with van der Waals surface area (Å²) in [6.45, 7) is 4.45. The van der Waals surface area contributed by atoms with Crippen LogP contribution in [0.2, 0.25) is 0 Å². The zero-order valence-electron chi connectivity index (χ0n) is 14.0. The topological polar surface area (TPSA) is 32.3 Å². The molecule has 0 spiro atoms. The molecule has 1 amide bonds. The van der Waals surface area contributed by atoms with Crippen LogP contribution in [0.4, 0.5) is 5.69 Å². The van der Waals surface area contributed by atoms with Crippen molar-refractivity contribution in [1.29, 1.82) is 0 Å². The molecule has 1 N–H and O–H groups in total. The summed E-state index contributed by atoms with van der Waals surface area (Å²) < 4.78 is 0. The van der Waals surface area contributed by atoms with E-state index in [0.29, 0.717) is 6.04 Å². The Labute approximate surface area is 129 Å². The summed E-state index contributed by atoms with van der Waals surface area (Å²) in [7, 11) is 3.56. The highest BCUT2D eigenvalue weighted by Crippen LogP contribution is 2.15. The van der Waals surface area contributed by atoms with Crippen molar-refractivity contribution in [3.8, 4) is 0 Å². The third-order valence-electron chi connectivity index (χ3n) is 3.67. The summed E-state index contributed by atoms with van der Waals surface area (Å²) >= 11 is 0. The standard InChI is InChI=1S/C18H30N2O/c1-5-6-7-8-9-11-15(2)19-17-13-10-12-16(14-17)18(21)20(3)4/h10,12-15,19H,5-9,11H2,1-4H3. The lowest BCUT2D eigenvalue weighted by molar-refractivity contribution is 0.0827. The van der Waals surface area contributed by atoms with E-state index in [4.69, 9.17) is 0 Å². The fraction of sp³-hybridized carbons (Fsp3) is 0.611. The molecule has 1 aromatic carbocycles. The first-order valence-corrected chi connectivity index (χ1v) is 8.12. The first-order chi connectivity index (χ1) is 10.0. The van der Waals surface area contributed by atoms with Crippen molar-refractivity contribution >= 4 is 11.6 Å². The predicted octanol–water partition coefficient (Wildman–Crippen LogP) is 4.55. The summed E-state index contributed by atoms with van der Waals surface area (Å²) in [4.78, 5) is 13.6. The molecule has 3 nitrogen and oxygen atoms in total. The molecule has 21 heavy (non-hydrogen) atoms. The van der Waals surface area contributed by atoms with Gasteiger partial charge in [-0.2, -0.15) is 0 Å². The van der Waals surface area contributed by atoms with Crippen LogP contribution < -0.4 is 5.32 Å². The zero-order valence-corrected chi connectivity index (χ0v) is 14.0. The van der Waals surface area contributed by atoms with E-state index in [-0.39, 0.29) is 5.91 Å². The van der Waals surface area contributed by atoms with Gasteiger partial charge in [0.2, 0.25) is 0 Å². The Balaban J connectivity index is 2.43. The maximum Gasteiger partial charge on any atom is 0.253 e. The van der Waals surface area contributed by atoms with Crippen LogP contribution in [0.1, 0.15) is 62.7 Å². The van der Waals surface area contributed by atoms with E-state index in [1.165, 1.54) is 38.5 Å². The number of nitrogens with zero attached hydrogens (tertiary/aromatic N) is 1. The summed E-state index contributed by atoms with van der Waals surface area (Å²) in [5.41, 5.74) is 1.77. The number of carbonyl (C=O) groups is 1. The quantitative estimate of drug-likeness (QED) is 0.677. The zero-order chi connectivity index (χ0) is 15.7. The number of hydrogen-bond donors (Lipinski definition) is 1. The molecule has 0 fully saturated rings. The highest BCUT2D eigenvalue weighted by atomic mass is 16.2. The molecule has 0 bridgehead atoms. The van der Waals surface area contributed by atoms with E-state index in [2.05, 4.69) is 19.2 Å². The maximum absolute atomic E-state index is 12.0. The van der Waals surface area contributed by atoms with Crippen LogP contribution in [-0.4, -0.2) is 30.9 Å². The molecule has 0 saturated carbocycles. The number of benzene rings is 1. The minimum atomic E-state index is 0.0471. The molecule has 0 aliphatic heterocycles. The normalized spacial score (nSPS) is 12.0. The highest BCUT2D eigenvalue weighted by molar-refractivity contribution is 5.94. The minimum absolute atomic E-state index is 0.0471. The third kappa shape index (κ3) is 6.65. The number of rotatable bonds is 9. The minimum Gasteiger partial charge on any atom is -0.383 e. The van der Waals surface area contributed by atoms with Crippen LogP contribution in [0, 0.1) is 0 Å². The van der Waals surface area contributed by atoms with Crippen LogP contribution in [0.25, 0.3) is 0 Å². The molecule has 0 aliphatic carbocycles. The molecule has 0 saturated heterocycles. The monoisotopic (exact) mass is 290 g/mol. The number of anilines is 1. The van der Waals surface area contributed by atoms with Gasteiger partial charge in [0.15, 0.2) is 0 Å². The Morgan fingerprint density at radius 1 is 1.19 bits per heavy atom. The third-order valence-corrected chi connectivity index (χ3v) is 3.67. The lowest BCUT2D eigenvalue weighted by Crippen LogP contribution is -2.22. The Morgan fingerprint density at radius 2 is 1.90 bits per heavy atom. The fourth-order valence-corrected chi connectivity index (χ4v) is 2.41. The van der Waals surface area contributed by atoms with Gasteiger partial charge in [-0.1, -0.05) is 45.1 Å². The maximum atomic E-state index is 12.0. The van der Waals surface area contributed by atoms with E-state index in [9.17, 15) is 4.79 Å². The van der Waals surface area contributed by atoms with Gasteiger partial charge >= 0.3 is 0 Å². The van der Waals surface area contributed by atoms with Crippen LogP contribution >= 0.6 is 0 Å². The molecule has 0 aliphatic rings. The number of nitrogens with one attached hydrogen (secondary N) is 1. The number of hydrogen-bond acceptors (Lipinski definition) is 2. The second-order valence-electron chi connectivity index (χ2n) is 6.03. The Morgan fingerprint density at radius 3 is 2.57 bits per heavy atom. The van der Waals surface area contributed by atoms with Gasteiger partial charge in [-0.3, -0.25) is 4.79 Å². The van der Waals surface area contributed by atoms with Crippen molar-refractivity contribution in [1.82, 2.24) is 4.90 Å². The fourth-order valence-electron chi connectivity index (χ4n) is 2.41. The van der Waals surface area contributed by atoms with E-state index in [1.54, 1.807) is 19.0 Å². The molecule has 1 rings (SSSR count). The van der Waals surface area contributed by atoms with E-state index >= 15 is 0 Å². The van der Waals surface area contributed by atoms with Gasteiger partial charge in [-0.15, -0.1) is 0 Å². The lowest BCUT2D eigenvalue weighted by atomic mass is 10.1. The van der Waals surface area contributed by atoms with Crippen molar-refractivity contribution in [3.05, 3.63) is 29.8 Å². The van der Waals surface area contributed by atoms with E-state index in [1.807, 2.05) is 24.3 Å². The SMILES string of the molecule is CCCCCCCC(C)Nc1cccc(C(=O)N(C)C)c1. The van der Waals surface area contributed by atoms with Gasteiger partial charge in [0.1, 0.15) is 0 Å². The first kappa shape index (κ1) is 17.5. The summed E-state index contributed by atoms with van der Waals surface area (Å²) in [5, 5.41) is 3.50. The van der Waals surface area contributed by atoms with E-state index < -0.39 is 0 Å². The van der Waals surface area contributed by atoms with Crippen LogP contribution in [0.15, 0.2) is 24.3 Å². The molecule has 0 aromatic heterocycles. The van der Waals surface area contributed by atoms with Gasteiger partial charge in [0, 0.05) is 31.4 Å². The van der Waals surface area contributed by atoms with Crippen LogP contribution in [0.5, 0.6) is 0 Å². The predicted molar refractivity (Wildman–Crippen MR) is 90.9 cm³/mol. The lowest BCUT2D eigenvalue weighted by Gasteiger charge is -2.16. The second-order valence-corrected chi connectivity index (χ2v) is 6.03. The van der Waals surface area contributed by atoms with Crippen LogP contribution in [0.3, 0.4) is 0 Å². The number of carbonyl (C=O) groups excluding carboxylic acids is 1. The molecule has 3 heteroatoms. The molecular weight excluding hydrogens is 260 g/mol. The first-order valence-electron chi connectivity index (χ1n) is 8.12. The summed E-state index contributed by atoms with van der Waals surface area (Å²) in [6, 6.07) is 8.21. The molecule has 0 heterocycles. The second kappa shape index (κ2) is 9.43. The number of unbranched alkanes of at least 4 members (excludes halogenated alkanes) is 4. The van der Waals surface area contributed by atoms with Gasteiger partial charge in [-0.25, -0.2) is 0 Å². The van der Waals surface area contributed by atoms with Crippen molar-refractivity contribution < 1.29 is 4.79 Å². The average molecular weight is 290 g/mol. The highest BCUT2D eigenvalue weighted by Gasteiger charge is 2.09. The Kier molecular flexibility index (Phi) is 7.88. The Hall–Kier alpha value is -1.51.